The van der Waals surface area contributed by atoms with Gasteiger partial charge < -0.3 is 14.1 Å². The third-order valence-electron chi connectivity index (χ3n) is 4.60. The molecule has 138 valence electrons. The summed E-state index contributed by atoms with van der Waals surface area (Å²) in [5.41, 5.74) is -1.02. The van der Waals surface area contributed by atoms with Crippen molar-refractivity contribution in [3.8, 4) is 5.75 Å². The molecule has 2 heterocycles. The molecule has 0 aliphatic carbocycles. The van der Waals surface area contributed by atoms with Crippen LogP contribution in [0.25, 0.3) is 11.0 Å². The first-order chi connectivity index (χ1) is 12.3. The molecule has 1 saturated heterocycles. The third-order valence-corrected chi connectivity index (χ3v) is 4.60. The number of hydrogen-bond donors (Lipinski definition) is 0. The largest absolute Gasteiger partial charge is 0.493 e. The Morgan fingerprint density at radius 2 is 1.92 bits per heavy atom. The van der Waals surface area contributed by atoms with Gasteiger partial charge in [0.05, 0.1) is 18.1 Å². The van der Waals surface area contributed by atoms with E-state index in [2.05, 4.69) is 13.8 Å². The van der Waals surface area contributed by atoms with Crippen LogP contribution in [0, 0.1) is 22.0 Å². The highest BCUT2D eigenvalue weighted by molar-refractivity contribution is 5.98. The molecule has 2 aromatic rings. The average molecular weight is 360 g/mol. The second kappa shape index (κ2) is 6.78. The summed E-state index contributed by atoms with van der Waals surface area (Å²) < 4.78 is 10.4. The smallest absolute Gasteiger partial charge is 0.349 e. The molecule has 26 heavy (non-hydrogen) atoms. The molecule has 1 aliphatic rings. The predicted molar refractivity (Wildman–Crippen MR) is 94.5 cm³/mol. The van der Waals surface area contributed by atoms with Crippen LogP contribution in [0.2, 0.25) is 0 Å². The molecule has 3 rings (SSSR count). The van der Waals surface area contributed by atoms with E-state index in [-0.39, 0.29) is 28.0 Å². The van der Waals surface area contributed by atoms with Gasteiger partial charge in [-0.05, 0) is 24.3 Å². The molecule has 1 amide bonds. The number of carbonyl (C=O) groups excluding carboxylic acids is 1. The molecule has 0 saturated carbocycles. The second-order valence-corrected chi connectivity index (χ2v) is 6.93. The highest BCUT2D eigenvalue weighted by atomic mass is 16.6. The molecule has 2 unspecified atom stereocenters. The molecule has 0 spiro atoms. The molecular weight excluding hydrogens is 340 g/mol. The topological polar surface area (TPSA) is 103 Å². The van der Waals surface area contributed by atoms with E-state index < -0.39 is 16.5 Å². The van der Waals surface area contributed by atoms with Gasteiger partial charge in [-0.25, -0.2) is 4.79 Å². The summed E-state index contributed by atoms with van der Waals surface area (Å²) in [5.74, 6) is 0.350. The minimum atomic E-state index is -0.777. The molecule has 2 atom stereocenters. The summed E-state index contributed by atoms with van der Waals surface area (Å²) in [5, 5.41) is 11.4. The van der Waals surface area contributed by atoms with Crippen molar-refractivity contribution < 1.29 is 18.9 Å². The van der Waals surface area contributed by atoms with Crippen LogP contribution in [0.5, 0.6) is 5.75 Å². The number of hydrogen-bond acceptors (Lipinski definition) is 6. The van der Waals surface area contributed by atoms with E-state index in [1.165, 1.54) is 25.3 Å². The second-order valence-electron chi connectivity index (χ2n) is 6.93. The van der Waals surface area contributed by atoms with Gasteiger partial charge >= 0.3 is 5.63 Å². The first-order valence-electron chi connectivity index (χ1n) is 8.39. The van der Waals surface area contributed by atoms with Crippen LogP contribution in [0.3, 0.4) is 0 Å². The molecular formula is C18H20N2O6. The zero-order chi connectivity index (χ0) is 19.0. The highest BCUT2D eigenvalue weighted by Crippen LogP contribution is 2.31. The standard InChI is InChI=1S/C18H20N2O6/c1-10-4-11(2)9-19(8-10)17(21)14-6-12-5-13(20(23)24)7-15(25-3)16(12)26-18(14)22/h5-7,10-11H,4,8-9H2,1-3H3. The number of fused-ring (bicyclic) bond motifs is 1. The quantitative estimate of drug-likeness (QED) is 0.474. The van der Waals surface area contributed by atoms with Crippen LogP contribution in [0.1, 0.15) is 30.6 Å². The molecule has 1 aliphatic heterocycles. The number of likely N-dealkylation sites (tertiary alicyclic amines) is 1. The monoisotopic (exact) mass is 360 g/mol. The Balaban J connectivity index is 2.09. The lowest BCUT2D eigenvalue weighted by Crippen LogP contribution is -2.43. The van der Waals surface area contributed by atoms with Gasteiger partial charge in [-0.1, -0.05) is 13.8 Å². The van der Waals surface area contributed by atoms with Gasteiger partial charge in [0, 0.05) is 24.5 Å². The number of nitrogens with zero attached hydrogens (tertiary/aromatic N) is 2. The first-order valence-corrected chi connectivity index (χ1v) is 8.39. The summed E-state index contributed by atoms with van der Waals surface area (Å²) in [4.78, 5) is 37.4. The maximum absolute atomic E-state index is 12.8. The molecule has 0 radical (unpaired) electrons. The van der Waals surface area contributed by atoms with Crippen molar-refractivity contribution in [2.45, 2.75) is 20.3 Å². The molecule has 1 aromatic carbocycles. The third kappa shape index (κ3) is 3.26. The van der Waals surface area contributed by atoms with Crippen molar-refractivity contribution in [1.82, 2.24) is 4.90 Å². The summed E-state index contributed by atoms with van der Waals surface area (Å²) in [7, 11) is 1.33. The van der Waals surface area contributed by atoms with Gasteiger partial charge in [0.25, 0.3) is 11.6 Å². The highest BCUT2D eigenvalue weighted by Gasteiger charge is 2.28. The zero-order valence-electron chi connectivity index (χ0n) is 14.9. The van der Waals surface area contributed by atoms with E-state index in [1.807, 2.05) is 0 Å². The number of rotatable bonds is 3. The van der Waals surface area contributed by atoms with Crippen LogP contribution >= 0.6 is 0 Å². The fourth-order valence-electron chi connectivity index (χ4n) is 3.59. The number of nitro benzene ring substituents is 1. The Morgan fingerprint density at radius 3 is 2.50 bits per heavy atom. The van der Waals surface area contributed by atoms with Crippen LogP contribution in [-0.4, -0.2) is 35.9 Å². The number of benzene rings is 1. The molecule has 1 fully saturated rings. The predicted octanol–water partition coefficient (Wildman–Crippen LogP) is 2.83. The number of carbonyl (C=O) groups is 1. The number of nitro groups is 1. The van der Waals surface area contributed by atoms with E-state index >= 15 is 0 Å². The maximum atomic E-state index is 12.8. The van der Waals surface area contributed by atoms with E-state index in [0.717, 1.165) is 6.42 Å². The van der Waals surface area contributed by atoms with Gasteiger partial charge in [-0.15, -0.1) is 0 Å². The summed E-state index contributed by atoms with van der Waals surface area (Å²) in [6, 6.07) is 3.79. The number of amides is 1. The minimum absolute atomic E-state index is 0.0746. The molecule has 1 aromatic heterocycles. The number of methoxy groups -OCH3 is 1. The molecule has 0 bridgehead atoms. The number of non-ortho nitro benzene ring substituents is 1. The first kappa shape index (κ1) is 17.9. The lowest BCUT2D eigenvalue weighted by molar-refractivity contribution is -0.384. The van der Waals surface area contributed by atoms with E-state index in [1.54, 1.807) is 4.90 Å². The minimum Gasteiger partial charge on any atom is -0.493 e. The Hall–Kier alpha value is -2.90. The van der Waals surface area contributed by atoms with Crippen molar-refractivity contribution in [2.75, 3.05) is 20.2 Å². The Labute approximate surface area is 149 Å². The zero-order valence-corrected chi connectivity index (χ0v) is 14.9. The van der Waals surface area contributed by atoms with Gasteiger partial charge in [0.1, 0.15) is 5.56 Å². The van der Waals surface area contributed by atoms with Gasteiger partial charge in [-0.3, -0.25) is 14.9 Å². The number of piperidine rings is 1. The number of ether oxygens (including phenoxy) is 1. The van der Waals surface area contributed by atoms with Crippen molar-refractivity contribution >= 4 is 22.6 Å². The SMILES string of the molecule is COc1cc([N+](=O)[O-])cc2cc(C(=O)N3CC(C)CC(C)C3)c(=O)oc12. The summed E-state index contributed by atoms with van der Waals surface area (Å²) >= 11 is 0. The Kier molecular flexibility index (Phi) is 4.67. The normalized spacial score (nSPS) is 20.2. The van der Waals surface area contributed by atoms with Crippen molar-refractivity contribution in [1.29, 1.82) is 0 Å². The van der Waals surface area contributed by atoms with Crippen LogP contribution in [0.4, 0.5) is 5.69 Å². The van der Waals surface area contributed by atoms with Crippen molar-refractivity contribution in [3.05, 3.63) is 44.3 Å². The lowest BCUT2D eigenvalue weighted by atomic mass is 9.91. The average Bonchev–Trinajstić information content (AvgIpc) is 2.58. The lowest BCUT2D eigenvalue weighted by Gasteiger charge is -2.34. The molecule has 8 nitrogen and oxygen atoms in total. The fraction of sp³-hybridized carbons (Fsp3) is 0.444. The Morgan fingerprint density at radius 1 is 1.27 bits per heavy atom. The van der Waals surface area contributed by atoms with Crippen molar-refractivity contribution in [3.63, 3.8) is 0 Å². The summed E-state index contributed by atoms with van der Waals surface area (Å²) in [6.07, 6.45) is 1.03. The molecule has 0 N–H and O–H groups in total. The van der Waals surface area contributed by atoms with E-state index in [0.29, 0.717) is 24.9 Å². The van der Waals surface area contributed by atoms with E-state index in [9.17, 15) is 19.7 Å². The Bertz CT molecular complexity index is 925. The van der Waals surface area contributed by atoms with Gasteiger partial charge in [-0.2, -0.15) is 0 Å². The van der Waals surface area contributed by atoms with E-state index in [4.69, 9.17) is 9.15 Å². The summed E-state index contributed by atoms with van der Waals surface area (Å²) in [6.45, 7) is 5.26. The fourth-order valence-corrected chi connectivity index (χ4v) is 3.59. The van der Waals surface area contributed by atoms with Crippen LogP contribution in [-0.2, 0) is 0 Å². The van der Waals surface area contributed by atoms with Crippen LogP contribution in [0.15, 0.2) is 27.4 Å². The van der Waals surface area contributed by atoms with Gasteiger partial charge in [0.2, 0.25) is 0 Å². The molecule has 8 heteroatoms. The maximum Gasteiger partial charge on any atom is 0.349 e. The van der Waals surface area contributed by atoms with Gasteiger partial charge in [0.15, 0.2) is 11.3 Å². The van der Waals surface area contributed by atoms with Crippen molar-refractivity contribution in [2.24, 2.45) is 11.8 Å². The van der Waals surface area contributed by atoms with Crippen LogP contribution < -0.4 is 10.4 Å².